The molecule has 0 radical (unpaired) electrons. The number of benzene rings is 1. The number of nitrogens with one attached hydrogen (secondary N) is 2. The summed E-state index contributed by atoms with van der Waals surface area (Å²) in [6, 6.07) is 6.46. The monoisotopic (exact) mass is 442 g/mol. The quantitative estimate of drug-likeness (QED) is 0.425. The molecular formula is C17H27IN6. The van der Waals surface area contributed by atoms with E-state index in [0.29, 0.717) is 13.1 Å². The molecule has 0 unspecified atom stereocenters. The molecule has 0 aliphatic carbocycles. The molecule has 7 heteroatoms. The second-order valence-electron chi connectivity index (χ2n) is 5.70. The predicted octanol–water partition coefficient (Wildman–Crippen LogP) is 2.61. The van der Waals surface area contributed by atoms with Crippen LogP contribution in [0.4, 0.5) is 0 Å². The largest absolute Gasteiger partial charge is 0.357 e. The van der Waals surface area contributed by atoms with E-state index in [1.807, 2.05) is 18.5 Å². The maximum atomic E-state index is 4.66. The Kier molecular flexibility index (Phi) is 8.17. The van der Waals surface area contributed by atoms with Crippen LogP contribution in [0.3, 0.4) is 0 Å². The molecular weight excluding hydrogens is 415 g/mol. The van der Waals surface area contributed by atoms with E-state index in [0.717, 1.165) is 24.2 Å². The summed E-state index contributed by atoms with van der Waals surface area (Å²) >= 11 is 0. The van der Waals surface area contributed by atoms with Crippen molar-refractivity contribution in [2.24, 2.45) is 12.0 Å². The van der Waals surface area contributed by atoms with Crippen LogP contribution in [0.1, 0.15) is 35.3 Å². The third-order valence-corrected chi connectivity index (χ3v) is 3.85. The Morgan fingerprint density at radius 2 is 1.92 bits per heavy atom. The van der Waals surface area contributed by atoms with Crippen molar-refractivity contribution in [2.75, 3.05) is 6.54 Å². The minimum Gasteiger partial charge on any atom is -0.357 e. The van der Waals surface area contributed by atoms with Crippen LogP contribution in [0.5, 0.6) is 0 Å². The molecule has 0 fully saturated rings. The maximum Gasteiger partial charge on any atom is 0.191 e. The normalized spacial score (nSPS) is 11.1. The summed E-state index contributed by atoms with van der Waals surface area (Å²) in [5.74, 6) is 2.58. The molecule has 0 aliphatic rings. The fourth-order valence-corrected chi connectivity index (χ4v) is 2.30. The first-order chi connectivity index (χ1) is 11.0. The molecule has 0 aliphatic heterocycles. The number of guanidine groups is 1. The number of aryl methyl sites for hydroxylation is 3. The van der Waals surface area contributed by atoms with Gasteiger partial charge in [0.05, 0.1) is 13.1 Å². The van der Waals surface area contributed by atoms with Crippen molar-refractivity contribution in [3.05, 3.63) is 46.5 Å². The van der Waals surface area contributed by atoms with Gasteiger partial charge >= 0.3 is 0 Å². The van der Waals surface area contributed by atoms with Gasteiger partial charge in [-0.2, -0.15) is 0 Å². The molecule has 0 saturated heterocycles. The zero-order valence-electron chi connectivity index (χ0n) is 15.1. The first kappa shape index (κ1) is 20.4. The lowest BCUT2D eigenvalue weighted by atomic mass is 10.1. The fraction of sp³-hybridized carbons (Fsp3) is 0.471. The van der Waals surface area contributed by atoms with Crippen LogP contribution in [0.2, 0.25) is 0 Å². The van der Waals surface area contributed by atoms with Crippen LogP contribution in [0.25, 0.3) is 0 Å². The molecule has 0 bridgehead atoms. The average Bonchev–Trinajstić information content (AvgIpc) is 2.83. The molecule has 24 heavy (non-hydrogen) atoms. The lowest BCUT2D eigenvalue weighted by Gasteiger charge is -2.12. The molecule has 1 aromatic carbocycles. The summed E-state index contributed by atoms with van der Waals surface area (Å²) in [4.78, 5) is 4.66. The van der Waals surface area contributed by atoms with Gasteiger partial charge in [-0.05, 0) is 38.8 Å². The summed E-state index contributed by atoms with van der Waals surface area (Å²) in [7, 11) is 1.96. The zero-order chi connectivity index (χ0) is 16.8. The van der Waals surface area contributed by atoms with Crippen molar-refractivity contribution < 1.29 is 0 Å². The summed E-state index contributed by atoms with van der Waals surface area (Å²) in [5, 5.41) is 14.8. The van der Waals surface area contributed by atoms with Gasteiger partial charge in [0, 0.05) is 13.6 Å². The lowest BCUT2D eigenvalue weighted by Crippen LogP contribution is -2.37. The van der Waals surface area contributed by atoms with E-state index in [9.17, 15) is 0 Å². The number of hydrogen-bond donors (Lipinski definition) is 2. The molecule has 2 rings (SSSR count). The van der Waals surface area contributed by atoms with Crippen molar-refractivity contribution in [1.29, 1.82) is 0 Å². The molecule has 1 heterocycles. The van der Waals surface area contributed by atoms with Crippen molar-refractivity contribution in [2.45, 2.75) is 40.8 Å². The van der Waals surface area contributed by atoms with E-state index >= 15 is 0 Å². The van der Waals surface area contributed by atoms with Gasteiger partial charge in [-0.15, -0.1) is 34.2 Å². The summed E-state index contributed by atoms with van der Waals surface area (Å²) in [5.41, 5.74) is 3.79. The van der Waals surface area contributed by atoms with Gasteiger partial charge in [-0.25, -0.2) is 4.99 Å². The second kappa shape index (κ2) is 9.61. The topological polar surface area (TPSA) is 67.1 Å². The zero-order valence-corrected chi connectivity index (χ0v) is 17.4. The summed E-state index contributed by atoms with van der Waals surface area (Å²) in [6.45, 7) is 10.3. The Morgan fingerprint density at radius 1 is 1.17 bits per heavy atom. The van der Waals surface area contributed by atoms with Gasteiger partial charge in [-0.1, -0.05) is 23.8 Å². The molecule has 132 valence electrons. The molecule has 0 saturated carbocycles. The third kappa shape index (κ3) is 5.47. The third-order valence-electron chi connectivity index (χ3n) is 3.85. The second-order valence-corrected chi connectivity index (χ2v) is 5.70. The van der Waals surface area contributed by atoms with Crippen LogP contribution in [-0.4, -0.2) is 27.3 Å². The lowest BCUT2D eigenvalue weighted by molar-refractivity contribution is 0.718. The summed E-state index contributed by atoms with van der Waals surface area (Å²) in [6.07, 6.45) is 0. The van der Waals surface area contributed by atoms with E-state index in [4.69, 9.17) is 0 Å². The summed E-state index contributed by atoms with van der Waals surface area (Å²) < 4.78 is 1.97. The Balaban J connectivity index is 0.00000288. The highest BCUT2D eigenvalue weighted by atomic mass is 127. The standard InChI is InChI=1S/C17H26N6.HI/c1-6-18-17(20-11-16-22-21-14(4)23(16)5)19-10-15-8-7-12(2)9-13(15)3;/h7-9H,6,10-11H2,1-5H3,(H2,18,19,20);1H. The van der Waals surface area contributed by atoms with E-state index in [1.54, 1.807) is 0 Å². The van der Waals surface area contributed by atoms with E-state index in [-0.39, 0.29) is 24.0 Å². The molecule has 0 atom stereocenters. The van der Waals surface area contributed by atoms with E-state index < -0.39 is 0 Å². The first-order valence-electron chi connectivity index (χ1n) is 7.94. The number of halogens is 1. The van der Waals surface area contributed by atoms with E-state index in [2.05, 4.69) is 64.8 Å². The van der Waals surface area contributed by atoms with Crippen molar-refractivity contribution in [3.63, 3.8) is 0 Å². The van der Waals surface area contributed by atoms with Crippen molar-refractivity contribution in [3.8, 4) is 0 Å². The molecule has 1 aromatic heterocycles. The van der Waals surface area contributed by atoms with Crippen LogP contribution in [0.15, 0.2) is 23.2 Å². The average molecular weight is 442 g/mol. The van der Waals surface area contributed by atoms with Crippen LogP contribution in [-0.2, 0) is 20.1 Å². The van der Waals surface area contributed by atoms with Gasteiger partial charge in [0.15, 0.2) is 11.8 Å². The number of aliphatic imine (C=N–C) groups is 1. The van der Waals surface area contributed by atoms with Gasteiger partial charge in [0.2, 0.25) is 0 Å². The molecule has 6 nitrogen and oxygen atoms in total. The Labute approximate surface area is 161 Å². The smallest absolute Gasteiger partial charge is 0.191 e. The predicted molar refractivity (Wildman–Crippen MR) is 109 cm³/mol. The minimum atomic E-state index is 0. The van der Waals surface area contributed by atoms with Gasteiger partial charge in [0.25, 0.3) is 0 Å². The number of nitrogens with zero attached hydrogens (tertiary/aromatic N) is 4. The van der Waals surface area contributed by atoms with E-state index in [1.165, 1.54) is 16.7 Å². The number of hydrogen-bond acceptors (Lipinski definition) is 3. The molecule has 0 spiro atoms. The van der Waals surface area contributed by atoms with Gasteiger partial charge in [-0.3, -0.25) is 0 Å². The van der Waals surface area contributed by atoms with Crippen molar-refractivity contribution in [1.82, 2.24) is 25.4 Å². The Hall–Kier alpha value is -1.64. The highest BCUT2D eigenvalue weighted by Crippen LogP contribution is 2.11. The molecule has 2 N–H and O–H groups in total. The SMILES string of the molecule is CCNC(=NCc1ccc(C)cc1C)NCc1nnc(C)n1C.I. The molecule has 2 aromatic rings. The van der Waals surface area contributed by atoms with Crippen LogP contribution in [0, 0.1) is 20.8 Å². The fourth-order valence-electron chi connectivity index (χ4n) is 2.30. The maximum absolute atomic E-state index is 4.66. The Bertz CT molecular complexity index is 692. The van der Waals surface area contributed by atoms with Crippen LogP contribution < -0.4 is 10.6 Å². The van der Waals surface area contributed by atoms with Gasteiger partial charge in [0.1, 0.15) is 5.82 Å². The Morgan fingerprint density at radius 3 is 2.50 bits per heavy atom. The first-order valence-corrected chi connectivity index (χ1v) is 7.94. The molecule has 0 amide bonds. The van der Waals surface area contributed by atoms with Gasteiger partial charge < -0.3 is 15.2 Å². The van der Waals surface area contributed by atoms with Crippen molar-refractivity contribution >= 4 is 29.9 Å². The number of aromatic nitrogens is 3. The highest BCUT2D eigenvalue weighted by Gasteiger charge is 2.06. The van der Waals surface area contributed by atoms with Crippen LogP contribution >= 0.6 is 24.0 Å². The highest BCUT2D eigenvalue weighted by molar-refractivity contribution is 14.0. The number of rotatable bonds is 5. The minimum absolute atomic E-state index is 0.